The molecule has 0 aliphatic heterocycles. The summed E-state index contributed by atoms with van der Waals surface area (Å²) in [7, 11) is 0. The fourth-order valence-corrected chi connectivity index (χ4v) is 4.34. The Balaban J connectivity index is 0.000000305. The van der Waals surface area contributed by atoms with Crippen molar-refractivity contribution in [1.29, 1.82) is 0 Å². The van der Waals surface area contributed by atoms with Crippen molar-refractivity contribution in [3.8, 4) is 5.75 Å². The lowest BCUT2D eigenvalue weighted by atomic mass is 10.0. The van der Waals surface area contributed by atoms with Gasteiger partial charge in [0.2, 0.25) is 5.91 Å². The zero-order valence-electron chi connectivity index (χ0n) is 23.8. The van der Waals surface area contributed by atoms with Crippen molar-refractivity contribution < 1.29 is 28.6 Å². The number of nitrogens with two attached hydrogens (primary N) is 1. The van der Waals surface area contributed by atoms with Gasteiger partial charge in [-0.2, -0.15) is 0 Å². The lowest BCUT2D eigenvalue weighted by Crippen LogP contribution is -2.50. The zero-order chi connectivity index (χ0) is 31.3. The Morgan fingerprint density at radius 1 is 0.818 bits per heavy atom. The average Bonchev–Trinajstić information content (AvgIpc) is 3.04. The fourth-order valence-electron chi connectivity index (χ4n) is 4.34. The Morgan fingerprint density at radius 2 is 1.48 bits per heavy atom. The molecule has 2 unspecified atom stereocenters. The number of phenolic OH excluding ortho intramolecular Hbond substituents is 1. The molecule has 5 aromatic rings. The van der Waals surface area contributed by atoms with Crippen LogP contribution in [0.5, 0.6) is 5.75 Å². The van der Waals surface area contributed by atoms with E-state index >= 15 is 0 Å². The van der Waals surface area contributed by atoms with Crippen LogP contribution in [0.15, 0.2) is 124 Å². The lowest BCUT2D eigenvalue weighted by Gasteiger charge is -2.20. The van der Waals surface area contributed by atoms with E-state index in [0.29, 0.717) is 11.1 Å². The smallest absolute Gasteiger partial charge is 0.336 e. The highest BCUT2D eigenvalue weighted by Gasteiger charge is 2.25. The van der Waals surface area contributed by atoms with Gasteiger partial charge in [0.25, 0.3) is 0 Å². The molecule has 2 atom stereocenters. The van der Waals surface area contributed by atoms with Crippen molar-refractivity contribution in [3.05, 3.63) is 148 Å². The molecule has 0 spiro atoms. The van der Waals surface area contributed by atoms with Crippen molar-refractivity contribution >= 4 is 29.1 Å². The highest BCUT2D eigenvalue weighted by Crippen LogP contribution is 2.17. The summed E-state index contributed by atoms with van der Waals surface area (Å²) in [5, 5.41) is 12.6. The van der Waals surface area contributed by atoms with Gasteiger partial charge in [0, 0.05) is 29.5 Å². The van der Waals surface area contributed by atoms with Gasteiger partial charge in [-0.15, -0.1) is 0 Å². The Hall–Kier alpha value is -5.54. The Kier molecular flexibility index (Phi) is 11.1. The normalized spacial score (nSPS) is 11.8. The maximum Gasteiger partial charge on any atom is 0.336 e. The summed E-state index contributed by atoms with van der Waals surface area (Å²) in [6.45, 7) is 0.116. The fraction of sp³-hybridized carbons (Fsp3) is 0.143. The number of benzene rings is 4. The van der Waals surface area contributed by atoms with Crippen molar-refractivity contribution in [2.75, 3.05) is 0 Å². The standard InChI is InChI=1S/C26H26N2O4.C9H6O3/c27-23(15-21-12-7-13-22(14-21)17-29)25(30)28-24(16-19-8-3-1-4-9-19)26(31)32-18-20-10-5-2-6-11-20;10-7-3-1-6-2-4-9(11)12-8(6)5-7/h1-14,17,23-24H,15-16,18,27H2,(H,28,30);1-5,10H. The van der Waals surface area contributed by atoms with Crippen molar-refractivity contribution in [2.24, 2.45) is 5.73 Å². The van der Waals surface area contributed by atoms with Gasteiger partial charge in [0.15, 0.2) is 0 Å². The number of carbonyl (C=O) groups excluding carboxylic acids is 3. The number of aldehydes is 1. The summed E-state index contributed by atoms with van der Waals surface area (Å²) in [5.41, 5.74) is 9.12. The summed E-state index contributed by atoms with van der Waals surface area (Å²) in [6, 6.07) is 31.5. The van der Waals surface area contributed by atoms with Crippen molar-refractivity contribution in [3.63, 3.8) is 0 Å². The average molecular weight is 593 g/mol. The molecule has 0 saturated carbocycles. The van der Waals surface area contributed by atoms with Gasteiger partial charge >= 0.3 is 11.6 Å². The number of phenols is 1. The first kappa shape index (κ1) is 31.4. The lowest BCUT2D eigenvalue weighted by molar-refractivity contribution is -0.149. The number of ether oxygens (including phenoxy) is 1. The van der Waals surface area contributed by atoms with Gasteiger partial charge in [-0.1, -0.05) is 78.9 Å². The maximum atomic E-state index is 12.8. The highest BCUT2D eigenvalue weighted by atomic mass is 16.5. The second kappa shape index (κ2) is 15.6. The predicted molar refractivity (Wildman–Crippen MR) is 166 cm³/mol. The Morgan fingerprint density at radius 3 is 2.18 bits per heavy atom. The molecule has 44 heavy (non-hydrogen) atoms. The van der Waals surface area contributed by atoms with Gasteiger partial charge in [-0.05, 0) is 47.4 Å². The molecule has 0 fully saturated rings. The zero-order valence-corrected chi connectivity index (χ0v) is 23.8. The number of esters is 1. The van der Waals surface area contributed by atoms with Crippen LogP contribution in [0.1, 0.15) is 27.0 Å². The number of nitrogens with one attached hydrogen (secondary N) is 1. The Bertz CT molecular complexity index is 1750. The largest absolute Gasteiger partial charge is 0.508 e. The number of amides is 1. The molecule has 224 valence electrons. The van der Waals surface area contributed by atoms with E-state index in [4.69, 9.17) is 20.0 Å². The highest BCUT2D eigenvalue weighted by molar-refractivity contribution is 5.88. The molecule has 0 radical (unpaired) electrons. The summed E-state index contributed by atoms with van der Waals surface area (Å²) >= 11 is 0. The minimum Gasteiger partial charge on any atom is -0.508 e. The number of hydrogen-bond acceptors (Lipinski definition) is 8. The minimum absolute atomic E-state index is 0.0943. The molecule has 5 rings (SSSR count). The number of carbonyl (C=O) groups is 3. The molecule has 0 aliphatic carbocycles. The van der Waals surface area contributed by atoms with Crippen LogP contribution >= 0.6 is 0 Å². The summed E-state index contributed by atoms with van der Waals surface area (Å²) in [5.74, 6) is -0.892. The third kappa shape index (κ3) is 9.50. The number of aromatic hydroxyl groups is 1. The van der Waals surface area contributed by atoms with E-state index in [1.807, 2.05) is 60.7 Å². The monoisotopic (exact) mass is 592 g/mol. The number of fused-ring (bicyclic) bond motifs is 1. The van der Waals surface area contributed by atoms with Crippen LogP contribution in [0.25, 0.3) is 11.0 Å². The second-order valence-corrected chi connectivity index (χ2v) is 9.99. The van der Waals surface area contributed by atoms with Crippen LogP contribution in [0, 0.1) is 0 Å². The molecular formula is C35H32N2O7. The number of rotatable bonds is 10. The van der Waals surface area contributed by atoms with Gasteiger partial charge in [-0.25, -0.2) is 9.59 Å². The molecule has 1 aromatic heterocycles. The molecule has 0 saturated heterocycles. The molecule has 0 aliphatic rings. The van der Waals surface area contributed by atoms with E-state index in [2.05, 4.69) is 5.32 Å². The molecular weight excluding hydrogens is 560 g/mol. The van der Waals surface area contributed by atoms with Crippen LogP contribution in [0.3, 0.4) is 0 Å². The van der Waals surface area contributed by atoms with E-state index in [9.17, 15) is 19.2 Å². The first-order valence-electron chi connectivity index (χ1n) is 13.9. The van der Waals surface area contributed by atoms with Crippen LogP contribution in [0.2, 0.25) is 0 Å². The molecule has 1 heterocycles. The minimum atomic E-state index is -0.878. The third-order valence-electron chi connectivity index (χ3n) is 6.59. The summed E-state index contributed by atoms with van der Waals surface area (Å²) < 4.78 is 10.3. The first-order chi connectivity index (χ1) is 21.3. The van der Waals surface area contributed by atoms with E-state index in [-0.39, 0.29) is 25.2 Å². The number of hydrogen-bond donors (Lipinski definition) is 3. The maximum absolute atomic E-state index is 12.8. The van der Waals surface area contributed by atoms with Gasteiger partial charge < -0.3 is 25.3 Å². The van der Waals surface area contributed by atoms with Gasteiger partial charge in [-0.3, -0.25) is 9.59 Å². The van der Waals surface area contributed by atoms with Crippen molar-refractivity contribution in [1.82, 2.24) is 5.32 Å². The van der Waals surface area contributed by atoms with Crippen LogP contribution in [0.4, 0.5) is 0 Å². The molecule has 1 amide bonds. The predicted octanol–water partition coefficient (Wildman–Crippen LogP) is 4.34. The molecule has 0 bridgehead atoms. The van der Waals surface area contributed by atoms with Gasteiger partial charge in [0.05, 0.1) is 6.04 Å². The molecule has 9 nitrogen and oxygen atoms in total. The van der Waals surface area contributed by atoms with E-state index < -0.39 is 29.6 Å². The summed E-state index contributed by atoms with van der Waals surface area (Å²) in [4.78, 5) is 47.3. The van der Waals surface area contributed by atoms with Crippen LogP contribution in [-0.4, -0.2) is 35.4 Å². The SMILES string of the molecule is NC(Cc1cccc(C=O)c1)C(=O)NC(Cc1ccccc1)C(=O)OCc1ccccc1.O=c1ccc2ccc(O)cc2o1. The van der Waals surface area contributed by atoms with Crippen LogP contribution < -0.4 is 16.7 Å². The van der Waals surface area contributed by atoms with E-state index in [1.54, 1.807) is 42.5 Å². The van der Waals surface area contributed by atoms with E-state index in [0.717, 1.165) is 28.4 Å². The quantitative estimate of drug-likeness (QED) is 0.123. The first-order valence-corrected chi connectivity index (χ1v) is 13.9. The Labute approximate surface area is 253 Å². The molecule has 9 heteroatoms. The van der Waals surface area contributed by atoms with Crippen LogP contribution in [-0.2, 0) is 33.8 Å². The second-order valence-electron chi connectivity index (χ2n) is 9.99. The van der Waals surface area contributed by atoms with Crippen molar-refractivity contribution in [2.45, 2.75) is 31.5 Å². The topological polar surface area (TPSA) is 149 Å². The summed E-state index contributed by atoms with van der Waals surface area (Å²) in [6.07, 6.45) is 1.27. The van der Waals surface area contributed by atoms with E-state index in [1.165, 1.54) is 12.1 Å². The molecule has 4 aromatic carbocycles. The third-order valence-corrected chi connectivity index (χ3v) is 6.59. The molecule has 4 N–H and O–H groups in total. The van der Waals surface area contributed by atoms with Gasteiger partial charge in [0.1, 0.15) is 30.3 Å².